The van der Waals surface area contributed by atoms with E-state index in [1.807, 2.05) is 11.0 Å². The number of rotatable bonds is 7. The minimum atomic E-state index is -0.0985. The number of nitrogens with two attached hydrogens (primary N) is 1. The van der Waals surface area contributed by atoms with Gasteiger partial charge < -0.3 is 20.9 Å². The molecule has 0 radical (unpaired) electrons. The van der Waals surface area contributed by atoms with Crippen LogP contribution in [0, 0.1) is 5.92 Å². The summed E-state index contributed by atoms with van der Waals surface area (Å²) in [5, 5.41) is 2.85. The number of nitrogens with zero attached hydrogens (tertiary/aromatic N) is 3. The zero-order chi connectivity index (χ0) is 19.8. The van der Waals surface area contributed by atoms with Crippen molar-refractivity contribution >= 4 is 42.3 Å². The van der Waals surface area contributed by atoms with Gasteiger partial charge in [-0.25, -0.2) is 0 Å². The Morgan fingerprint density at radius 2 is 1.73 bits per heavy atom. The average molecular weight is 460 g/mol. The molecule has 170 valence electrons. The molecule has 9 heteroatoms. The van der Waals surface area contributed by atoms with E-state index >= 15 is 0 Å². The maximum Gasteiger partial charge on any atom is 0.224 e. The second kappa shape index (κ2) is 13.7. The van der Waals surface area contributed by atoms with Crippen molar-refractivity contribution in [2.45, 2.75) is 19.3 Å². The molecule has 2 saturated heterocycles. The van der Waals surface area contributed by atoms with Gasteiger partial charge in [-0.2, -0.15) is 0 Å². The van der Waals surface area contributed by atoms with Crippen LogP contribution >= 0.6 is 24.8 Å². The first kappa shape index (κ1) is 26.5. The average Bonchev–Trinajstić information content (AvgIpc) is 2.77. The largest absolute Gasteiger partial charge is 0.369 e. The van der Waals surface area contributed by atoms with E-state index in [1.165, 1.54) is 5.69 Å². The molecule has 2 heterocycles. The van der Waals surface area contributed by atoms with Crippen molar-refractivity contribution in [3.8, 4) is 0 Å². The molecule has 3 N–H and O–H groups in total. The standard InChI is InChI=1S/C21H33N5O2.2ClH/c22-9-10-23-21(28)18-5-4-11-26(17-18)20(27)8-12-24-13-15-25(16-14-24)19-6-2-1-3-7-19;;/h1-3,6-7,18H,4-5,8-17,22H2,(H,23,28);2*1H. The lowest BCUT2D eigenvalue weighted by atomic mass is 9.97. The normalized spacial score (nSPS) is 19.4. The van der Waals surface area contributed by atoms with Gasteiger partial charge in [-0.1, -0.05) is 18.2 Å². The Labute approximate surface area is 192 Å². The van der Waals surface area contributed by atoms with Crippen molar-refractivity contribution in [1.29, 1.82) is 0 Å². The van der Waals surface area contributed by atoms with Gasteiger partial charge in [-0.15, -0.1) is 24.8 Å². The second-order valence-electron chi connectivity index (χ2n) is 7.67. The number of carbonyl (C=O) groups excluding carboxylic acids is 2. The summed E-state index contributed by atoms with van der Waals surface area (Å²) in [6, 6.07) is 10.5. The predicted molar refractivity (Wildman–Crippen MR) is 126 cm³/mol. The van der Waals surface area contributed by atoms with Crippen LogP contribution < -0.4 is 16.0 Å². The molecule has 0 saturated carbocycles. The lowest BCUT2D eigenvalue weighted by Crippen LogP contribution is -2.49. The van der Waals surface area contributed by atoms with E-state index in [9.17, 15) is 9.59 Å². The number of nitrogens with one attached hydrogen (secondary N) is 1. The molecule has 1 unspecified atom stereocenters. The van der Waals surface area contributed by atoms with Crippen LogP contribution in [0.4, 0.5) is 5.69 Å². The first-order valence-corrected chi connectivity index (χ1v) is 10.5. The Morgan fingerprint density at radius 3 is 2.40 bits per heavy atom. The van der Waals surface area contributed by atoms with E-state index in [0.717, 1.165) is 52.1 Å². The molecule has 2 aliphatic heterocycles. The molecule has 30 heavy (non-hydrogen) atoms. The Morgan fingerprint density at radius 1 is 1.03 bits per heavy atom. The molecule has 0 bridgehead atoms. The van der Waals surface area contributed by atoms with Gasteiger partial charge in [0.25, 0.3) is 0 Å². The van der Waals surface area contributed by atoms with Gasteiger partial charge in [0.2, 0.25) is 11.8 Å². The van der Waals surface area contributed by atoms with Gasteiger partial charge in [-0.3, -0.25) is 14.5 Å². The lowest BCUT2D eigenvalue weighted by molar-refractivity contribution is -0.136. The minimum Gasteiger partial charge on any atom is -0.369 e. The van der Waals surface area contributed by atoms with E-state index in [2.05, 4.69) is 39.4 Å². The van der Waals surface area contributed by atoms with Crippen LogP contribution in [-0.4, -0.2) is 80.5 Å². The lowest BCUT2D eigenvalue weighted by Gasteiger charge is -2.37. The summed E-state index contributed by atoms with van der Waals surface area (Å²) in [5.74, 6) is 0.0977. The third-order valence-electron chi connectivity index (χ3n) is 5.72. The molecule has 1 aromatic carbocycles. The first-order valence-electron chi connectivity index (χ1n) is 10.5. The van der Waals surface area contributed by atoms with E-state index in [1.54, 1.807) is 0 Å². The number of carbonyl (C=O) groups is 2. The van der Waals surface area contributed by atoms with E-state index in [0.29, 0.717) is 26.1 Å². The third-order valence-corrected chi connectivity index (χ3v) is 5.72. The molecule has 1 aromatic rings. The summed E-state index contributed by atoms with van der Waals surface area (Å²) >= 11 is 0. The highest BCUT2D eigenvalue weighted by atomic mass is 35.5. The number of hydrogen-bond acceptors (Lipinski definition) is 5. The molecular formula is C21H35Cl2N5O2. The highest BCUT2D eigenvalue weighted by Crippen LogP contribution is 2.18. The van der Waals surface area contributed by atoms with Crippen LogP contribution in [0.3, 0.4) is 0 Å². The molecule has 2 aliphatic rings. The van der Waals surface area contributed by atoms with Crippen LogP contribution in [0.5, 0.6) is 0 Å². The van der Waals surface area contributed by atoms with Gasteiger partial charge in [-0.05, 0) is 25.0 Å². The summed E-state index contributed by atoms with van der Waals surface area (Å²) in [7, 11) is 0. The number of halogens is 2. The molecule has 7 nitrogen and oxygen atoms in total. The van der Waals surface area contributed by atoms with Crippen molar-refractivity contribution in [3.63, 3.8) is 0 Å². The maximum atomic E-state index is 12.6. The van der Waals surface area contributed by atoms with E-state index in [4.69, 9.17) is 5.73 Å². The summed E-state index contributed by atoms with van der Waals surface area (Å²) in [6.45, 7) is 6.98. The highest BCUT2D eigenvalue weighted by molar-refractivity contribution is 5.85. The molecule has 2 fully saturated rings. The van der Waals surface area contributed by atoms with Gasteiger partial charge in [0.15, 0.2) is 0 Å². The van der Waals surface area contributed by atoms with E-state index < -0.39 is 0 Å². The quantitative estimate of drug-likeness (QED) is 0.642. The monoisotopic (exact) mass is 459 g/mol. The summed E-state index contributed by atoms with van der Waals surface area (Å²) < 4.78 is 0. The fourth-order valence-corrected chi connectivity index (χ4v) is 4.04. The number of likely N-dealkylation sites (tertiary alicyclic amines) is 1. The minimum absolute atomic E-state index is 0. The molecule has 0 aromatic heterocycles. The number of amides is 2. The number of anilines is 1. The zero-order valence-electron chi connectivity index (χ0n) is 17.5. The topological polar surface area (TPSA) is 81.9 Å². The Hall–Kier alpha value is -1.54. The molecule has 3 rings (SSSR count). The van der Waals surface area contributed by atoms with Gasteiger partial charge in [0, 0.05) is 71.0 Å². The molecule has 0 spiro atoms. The molecule has 1 atom stereocenters. The van der Waals surface area contributed by atoms with Crippen molar-refractivity contribution < 1.29 is 9.59 Å². The molecule has 0 aliphatic carbocycles. The Kier molecular flexibility index (Phi) is 12.1. The smallest absolute Gasteiger partial charge is 0.224 e. The molecule has 2 amide bonds. The summed E-state index contributed by atoms with van der Waals surface area (Å²) in [5.41, 5.74) is 6.72. The predicted octanol–water partition coefficient (Wildman–Crippen LogP) is 1.36. The van der Waals surface area contributed by atoms with Crippen LogP contribution in [0.2, 0.25) is 0 Å². The highest BCUT2D eigenvalue weighted by Gasteiger charge is 2.28. The fourth-order valence-electron chi connectivity index (χ4n) is 4.04. The SMILES string of the molecule is Cl.Cl.NCCNC(=O)C1CCCN(C(=O)CCN2CCN(c3ccccc3)CC2)C1. The fraction of sp³-hybridized carbons (Fsp3) is 0.619. The van der Waals surface area contributed by atoms with Crippen molar-refractivity contribution in [3.05, 3.63) is 30.3 Å². The first-order chi connectivity index (χ1) is 13.7. The molecular weight excluding hydrogens is 425 g/mol. The Bertz CT molecular complexity index is 642. The summed E-state index contributed by atoms with van der Waals surface area (Å²) in [6.07, 6.45) is 2.27. The van der Waals surface area contributed by atoms with Crippen molar-refractivity contribution in [2.24, 2.45) is 11.7 Å². The number of piperazine rings is 1. The van der Waals surface area contributed by atoms with Gasteiger partial charge >= 0.3 is 0 Å². The maximum absolute atomic E-state index is 12.6. The zero-order valence-corrected chi connectivity index (χ0v) is 19.1. The second-order valence-corrected chi connectivity index (χ2v) is 7.67. The van der Waals surface area contributed by atoms with Crippen LogP contribution in [0.1, 0.15) is 19.3 Å². The summed E-state index contributed by atoms with van der Waals surface area (Å²) in [4.78, 5) is 31.4. The number of para-hydroxylation sites is 1. The van der Waals surface area contributed by atoms with Crippen LogP contribution in [0.25, 0.3) is 0 Å². The Balaban J connectivity index is 0.00000225. The van der Waals surface area contributed by atoms with Crippen molar-refractivity contribution in [2.75, 3.05) is 63.8 Å². The van der Waals surface area contributed by atoms with Crippen molar-refractivity contribution in [1.82, 2.24) is 15.1 Å². The van der Waals surface area contributed by atoms with E-state index in [-0.39, 0.29) is 42.5 Å². The number of hydrogen-bond donors (Lipinski definition) is 2. The number of benzene rings is 1. The third kappa shape index (κ3) is 7.61. The van der Waals surface area contributed by atoms with Crippen LogP contribution in [0.15, 0.2) is 30.3 Å². The van der Waals surface area contributed by atoms with Gasteiger partial charge in [0.1, 0.15) is 0 Å². The van der Waals surface area contributed by atoms with Gasteiger partial charge in [0.05, 0.1) is 5.92 Å². The number of piperidine rings is 1. The van der Waals surface area contributed by atoms with Crippen LogP contribution in [-0.2, 0) is 9.59 Å².